The molecular formula is C17H16F3N3O3. The Hall–Kier alpha value is -2.68. The zero-order valence-corrected chi connectivity index (χ0v) is 13.7. The lowest BCUT2D eigenvalue weighted by atomic mass is 10.0. The average molecular weight is 367 g/mol. The maximum absolute atomic E-state index is 12.7. The summed E-state index contributed by atoms with van der Waals surface area (Å²) >= 11 is 0. The van der Waals surface area contributed by atoms with E-state index in [1.165, 1.54) is 18.5 Å². The van der Waals surface area contributed by atoms with Crippen LogP contribution in [0.2, 0.25) is 0 Å². The second kappa shape index (κ2) is 7.69. The molecule has 9 heteroatoms. The number of alkyl halides is 3. The van der Waals surface area contributed by atoms with Gasteiger partial charge in [0, 0.05) is 18.0 Å². The van der Waals surface area contributed by atoms with Crippen molar-refractivity contribution in [1.82, 2.24) is 14.8 Å². The number of ether oxygens (including phenoxy) is 2. The van der Waals surface area contributed by atoms with Gasteiger partial charge >= 0.3 is 6.18 Å². The normalized spacial score (nSPS) is 15.2. The van der Waals surface area contributed by atoms with Crippen LogP contribution in [0.4, 0.5) is 13.2 Å². The standard InChI is InChI=1S/C17H16F3N3O3/c18-17(19,20)11-23-15(3-6-22-23)13-10-25-7-4-12(13)9-26-16-2-1-5-21-14(16)8-24/h1-3,5-6,8H,4,7,9-11H2. The molecule has 0 aliphatic carbocycles. The third-order valence-corrected chi connectivity index (χ3v) is 3.89. The molecule has 0 aromatic carbocycles. The number of pyridine rings is 1. The Labute approximate surface area is 147 Å². The molecule has 3 heterocycles. The first kappa shape index (κ1) is 18.1. The molecule has 0 fully saturated rings. The van der Waals surface area contributed by atoms with E-state index in [9.17, 15) is 18.0 Å². The van der Waals surface area contributed by atoms with E-state index in [2.05, 4.69) is 10.1 Å². The van der Waals surface area contributed by atoms with E-state index in [1.54, 1.807) is 12.1 Å². The zero-order valence-electron chi connectivity index (χ0n) is 13.7. The van der Waals surface area contributed by atoms with Crippen LogP contribution in [0.1, 0.15) is 22.6 Å². The van der Waals surface area contributed by atoms with Gasteiger partial charge in [-0.2, -0.15) is 18.3 Å². The maximum Gasteiger partial charge on any atom is 0.408 e. The lowest BCUT2D eigenvalue weighted by molar-refractivity contribution is -0.142. The van der Waals surface area contributed by atoms with Crippen LogP contribution in [0, 0.1) is 0 Å². The molecule has 1 aliphatic heterocycles. The molecular weight excluding hydrogens is 351 g/mol. The Kier molecular flexibility index (Phi) is 5.36. The highest BCUT2D eigenvalue weighted by Crippen LogP contribution is 2.28. The third kappa shape index (κ3) is 4.29. The summed E-state index contributed by atoms with van der Waals surface area (Å²) in [5.74, 6) is 0.324. The molecule has 0 N–H and O–H groups in total. The zero-order chi connectivity index (χ0) is 18.6. The van der Waals surface area contributed by atoms with Crippen molar-refractivity contribution in [3.63, 3.8) is 0 Å². The van der Waals surface area contributed by atoms with E-state index in [1.807, 2.05) is 0 Å². The fourth-order valence-corrected chi connectivity index (χ4v) is 2.70. The van der Waals surface area contributed by atoms with E-state index in [0.717, 1.165) is 10.3 Å². The quantitative estimate of drug-likeness (QED) is 0.735. The predicted molar refractivity (Wildman–Crippen MR) is 85.8 cm³/mol. The molecule has 0 spiro atoms. The van der Waals surface area contributed by atoms with E-state index in [0.29, 0.717) is 36.3 Å². The molecule has 138 valence electrons. The van der Waals surface area contributed by atoms with Crippen molar-refractivity contribution < 1.29 is 27.4 Å². The van der Waals surface area contributed by atoms with Gasteiger partial charge in [-0.05, 0) is 30.2 Å². The fraction of sp³-hybridized carbons (Fsp3) is 0.353. The molecule has 2 aromatic rings. The van der Waals surface area contributed by atoms with Crippen LogP contribution in [0.15, 0.2) is 36.2 Å². The van der Waals surface area contributed by atoms with Gasteiger partial charge in [0.1, 0.15) is 24.6 Å². The minimum atomic E-state index is -4.37. The summed E-state index contributed by atoms with van der Waals surface area (Å²) in [6.45, 7) is -0.424. The number of aldehydes is 1. The molecule has 0 saturated heterocycles. The van der Waals surface area contributed by atoms with Crippen molar-refractivity contribution in [3.8, 4) is 5.75 Å². The Balaban J connectivity index is 1.85. The number of rotatable bonds is 6. The minimum Gasteiger partial charge on any atom is -0.487 e. The molecule has 0 amide bonds. The van der Waals surface area contributed by atoms with Gasteiger partial charge in [0.2, 0.25) is 0 Å². The highest BCUT2D eigenvalue weighted by molar-refractivity contribution is 5.76. The Bertz CT molecular complexity index is 815. The Morgan fingerprint density at radius 3 is 2.92 bits per heavy atom. The number of carbonyl (C=O) groups is 1. The number of aromatic nitrogens is 3. The summed E-state index contributed by atoms with van der Waals surface area (Å²) < 4.78 is 50.2. The van der Waals surface area contributed by atoms with Crippen LogP contribution in [0.25, 0.3) is 5.57 Å². The number of halogens is 3. The average Bonchev–Trinajstić information content (AvgIpc) is 3.06. The van der Waals surface area contributed by atoms with Crippen LogP contribution in [0.5, 0.6) is 5.75 Å². The van der Waals surface area contributed by atoms with Gasteiger partial charge in [0.05, 0.1) is 18.9 Å². The van der Waals surface area contributed by atoms with Crippen LogP contribution >= 0.6 is 0 Å². The molecule has 0 bridgehead atoms. The van der Waals surface area contributed by atoms with Gasteiger partial charge in [-0.25, -0.2) is 4.98 Å². The molecule has 0 saturated carbocycles. The summed E-state index contributed by atoms with van der Waals surface area (Å²) in [4.78, 5) is 14.9. The highest BCUT2D eigenvalue weighted by Gasteiger charge is 2.30. The number of nitrogens with zero attached hydrogens (tertiary/aromatic N) is 3. The largest absolute Gasteiger partial charge is 0.487 e. The first-order valence-corrected chi connectivity index (χ1v) is 7.88. The Morgan fingerprint density at radius 2 is 2.15 bits per heavy atom. The lowest BCUT2D eigenvalue weighted by Crippen LogP contribution is -2.23. The van der Waals surface area contributed by atoms with E-state index >= 15 is 0 Å². The molecule has 1 aliphatic rings. The first-order chi connectivity index (χ1) is 12.5. The fourth-order valence-electron chi connectivity index (χ4n) is 2.70. The smallest absolute Gasteiger partial charge is 0.408 e. The number of hydrogen-bond acceptors (Lipinski definition) is 5. The van der Waals surface area contributed by atoms with Crippen molar-refractivity contribution >= 4 is 11.9 Å². The van der Waals surface area contributed by atoms with E-state index in [4.69, 9.17) is 9.47 Å². The van der Waals surface area contributed by atoms with Crippen LogP contribution < -0.4 is 4.74 Å². The van der Waals surface area contributed by atoms with Crippen LogP contribution in [-0.2, 0) is 11.3 Å². The minimum absolute atomic E-state index is 0.127. The van der Waals surface area contributed by atoms with Crippen molar-refractivity contribution in [1.29, 1.82) is 0 Å². The second-order valence-electron chi connectivity index (χ2n) is 5.67. The summed E-state index contributed by atoms with van der Waals surface area (Å²) in [6.07, 6.45) is -0.462. The van der Waals surface area contributed by atoms with Gasteiger partial charge in [-0.3, -0.25) is 9.48 Å². The summed E-state index contributed by atoms with van der Waals surface area (Å²) in [5, 5.41) is 3.77. The molecule has 6 nitrogen and oxygen atoms in total. The van der Waals surface area contributed by atoms with Crippen molar-refractivity contribution in [2.24, 2.45) is 0 Å². The summed E-state index contributed by atoms with van der Waals surface area (Å²) in [5.41, 5.74) is 1.95. The second-order valence-corrected chi connectivity index (χ2v) is 5.67. The molecule has 0 unspecified atom stereocenters. The molecule has 2 aromatic heterocycles. The Morgan fingerprint density at radius 1 is 1.31 bits per heavy atom. The predicted octanol–water partition coefficient (Wildman–Crippen LogP) is 2.91. The number of hydrogen-bond donors (Lipinski definition) is 0. The molecule has 26 heavy (non-hydrogen) atoms. The van der Waals surface area contributed by atoms with Crippen molar-refractivity contribution in [3.05, 3.63) is 47.6 Å². The lowest BCUT2D eigenvalue weighted by Gasteiger charge is -2.22. The van der Waals surface area contributed by atoms with Crippen molar-refractivity contribution in [2.45, 2.75) is 19.1 Å². The van der Waals surface area contributed by atoms with Gasteiger partial charge in [0.15, 0.2) is 6.29 Å². The van der Waals surface area contributed by atoms with Gasteiger partial charge < -0.3 is 9.47 Å². The van der Waals surface area contributed by atoms with Crippen molar-refractivity contribution in [2.75, 3.05) is 19.8 Å². The van der Waals surface area contributed by atoms with Gasteiger partial charge in [-0.15, -0.1) is 0 Å². The monoisotopic (exact) mass is 367 g/mol. The SMILES string of the molecule is O=Cc1ncccc1OCC1=C(c2ccnn2CC(F)(F)F)COCC1. The summed E-state index contributed by atoms with van der Waals surface area (Å²) in [7, 11) is 0. The first-order valence-electron chi connectivity index (χ1n) is 7.88. The van der Waals surface area contributed by atoms with Gasteiger partial charge in [-0.1, -0.05) is 0 Å². The molecule has 0 radical (unpaired) electrons. The topological polar surface area (TPSA) is 66.2 Å². The molecule has 0 atom stereocenters. The van der Waals surface area contributed by atoms with Crippen LogP contribution in [-0.4, -0.2) is 47.0 Å². The van der Waals surface area contributed by atoms with E-state index < -0.39 is 12.7 Å². The molecule has 3 rings (SSSR count). The van der Waals surface area contributed by atoms with E-state index in [-0.39, 0.29) is 18.9 Å². The van der Waals surface area contributed by atoms with Gasteiger partial charge in [0.25, 0.3) is 0 Å². The highest BCUT2D eigenvalue weighted by atomic mass is 19.4. The maximum atomic E-state index is 12.7. The third-order valence-electron chi connectivity index (χ3n) is 3.89. The number of carbonyl (C=O) groups excluding carboxylic acids is 1. The summed E-state index contributed by atoms with van der Waals surface area (Å²) in [6, 6.07) is 4.78. The van der Waals surface area contributed by atoms with Crippen LogP contribution in [0.3, 0.4) is 0 Å².